The van der Waals surface area contributed by atoms with E-state index in [4.69, 9.17) is 0 Å². The number of benzene rings is 1. The third-order valence-corrected chi connectivity index (χ3v) is 2.46. The molecule has 4 heteroatoms. The Kier molecular flexibility index (Phi) is 2.11. The van der Waals surface area contributed by atoms with Crippen LogP contribution in [0, 0.1) is 24.0 Å². The van der Waals surface area contributed by atoms with Crippen molar-refractivity contribution < 1.29 is 4.92 Å². The molecule has 0 aliphatic rings. The Balaban J connectivity index is 2.82. The zero-order chi connectivity index (χ0) is 11.0. The molecule has 0 aliphatic carbocycles. The van der Waals surface area contributed by atoms with E-state index in [2.05, 4.69) is 4.98 Å². The molecule has 0 bridgehead atoms. The predicted octanol–water partition coefficient (Wildman–Crippen LogP) is 2.76. The molecule has 0 atom stereocenters. The van der Waals surface area contributed by atoms with Gasteiger partial charge in [-0.15, -0.1) is 0 Å². The van der Waals surface area contributed by atoms with Crippen LogP contribution < -0.4 is 0 Å². The fourth-order valence-electron chi connectivity index (χ4n) is 1.61. The molecule has 0 unspecified atom stereocenters. The average molecular weight is 202 g/mol. The first-order chi connectivity index (χ1) is 7.09. The van der Waals surface area contributed by atoms with Gasteiger partial charge in [-0.1, -0.05) is 11.6 Å². The molecule has 0 radical (unpaired) electrons. The standard InChI is InChI=1S/C11H10N2O2/c1-7-3-4-10-9(5-7)8(2)11(6-12-10)13(14)15/h3-6H,1-2H3. The lowest BCUT2D eigenvalue weighted by atomic mass is 10.1. The summed E-state index contributed by atoms with van der Waals surface area (Å²) in [4.78, 5) is 14.4. The summed E-state index contributed by atoms with van der Waals surface area (Å²) in [7, 11) is 0. The van der Waals surface area contributed by atoms with E-state index in [0.717, 1.165) is 16.5 Å². The van der Waals surface area contributed by atoms with Crippen molar-refractivity contribution in [3.05, 3.63) is 45.6 Å². The van der Waals surface area contributed by atoms with Gasteiger partial charge in [0.1, 0.15) is 6.20 Å². The van der Waals surface area contributed by atoms with Gasteiger partial charge in [0.15, 0.2) is 0 Å². The van der Waals surface area contributed by atoms with E-state index in [-0.39, 0.29) is 5.69 Å². The minimum atomic E-state index is -0.399. The Bertz CT molecular complexity index is 550. The van der Waals surface area contributed by atoms with Crippen LogP contribution in [0.5, 0.6) is 0 Å². The van der Waals surface area contributed by atoms with Crippen molar-refractivity contribution in [3.8, 4) is 0 Å². The van der Waals surface area contributed by atoms with Gasteiger partial charge in [0, 0.05) is 10.9 Å². The molecule has 0 saturated heterocycles. The second kappa shape index (κ2) is 3.31. The summed E-state index contributed by atoms with van der Waals surface area (Å²) in [6.45, 7) is 3.71. The molecule has 0 N–H and O–H groups in total. The number of nitro groups is 1. The lowest BCUT2D eigenvalue weighted by Gasteiger charge is -2.03. The number of rotatable bonds is 1. The van der Waals surface area contributed by atoms with E-state index in [1.54, 1.807) is 6.92 Å². The first-order valence-corrected chi connectivity index (χ1v) is 4.60. The first-order valence-electron chi connectivity index (χ1n) is 4.60. The molecule has 0 saturated carbocycles. The fourth-order valence-corrected chi connectivity index (χ4v) is 1.61. The molecule has 4 nitrogen and oxygen atoms in total. The van der Waals surface area contributed by atoms with Crippen molar-refractivity contribution in [2.24, 2.45) is 0 Å². The van der Waals surface area contributed by atoms with Crippen LogP contribution in [-0.4, -0.2) is 9.91 Å². The van der Waals surface area contributed by atoms with Crippen molar-refractivity contribution in [3.63, 3.8) is 0 Å². The maximum Gasteiger partial charge on any atom is 0.291 e. The summed E-state index contributed by atoms with van der Waals surface area (Å²) in [6, 6.07) is 5.74. The summed E-state index contributed by atoms with van der Waals surface area (Å²) in [6.07, 6.45) is 1.31. The van der Waals surface area contributed by atoms with E-state index in [9.17, 15) is 10.1 Å². The highest BCUT2D eigenvalue weighted by Crippen LogP contribution is 2.25. The van der Waals surface area contributed by atoms with Crippen LogP contribution in [0.3, 0.4) is 0 Å². The fraction of sp³-hybridized carbons (Fsp3) is 0.182. The highest BCUT2D eigenvalue weighted by Gasteiger charge is 2.13. The summed E-state index contributed by atoms with van der Waals surface area (Å²) < 4.78 is 0. The maximum absolute atomic E-state index is 10.7. The van der Waals surface area contributed by atoms with Crippen LogP contribution >= 0.6 is 0 Å². The van der Waals surface area contributed by atoms with Crippen LogP contribution in [0.2, 0.25) is 0 Å². The van der Waals surface area contributed by atoms with Crippen molar-refractivity contribution in [2.75, 3.05) is 0 Å². The molecule has 76 valence electrons. The molecule has 1 heterocycles. The SMILES string of the molecule is Cc1ccc2ncc([N+](=O)[O-])c(C)c2c1. The smallest absolute Gasteiger partial charge is 0.258 e. The summed E-state index contributed by atoms with van der Waals surface area (Å²) in [5.41, 5.74) is 2.62. The Hall–Kier alpha value is -1.97. The molecule has 1 aromatic heterocycles. The van der Waals surface area contributed by atoms with Crippen LogP contribution in [-0.2, 0) is 0 Å². The summed E-state index contributed by atoms with van der Waals surface area (Å²) in [5.74, 6) is 0. The van der Waals surface area contributed by atoms with Crippen molar-refractivity contribution in [1.82, 2.24) is 4.98 Å². The van der Waals surface area contributed by atoms with Gasteiger partial charge in [-0.2, -0.15) is 0 Å². The largest absolute Gasteiger partial charge is 0.291 e. The molecule has 0 spiro atoms. The minimum Gasteiger partial charge on any atom is -0.258 e. The van der Waals surface area contributed by atoms with Gasteiger partial charge in [-0.3, -0.25) is 10.1 Å². The number of fused-ring (bicyclic) bond motifs is 1. The van der Waals surface area contributed by atoms with E-state index in [0.29, 0.717) is 5.56 Å². The lowest BCUT2D eigenvalue weighted by Crippen LogP contribution is -1.94. The van der Waals surface area contributed by atoms with Crippen molar-refractivity contribution in [2.45, 2.75) is 13.8 Å². The van der Waals surface area contributed by atoms with Gasteiger partial charge in [-0.25, -0.2) is 4.98 Å². The molecule has 2 rings (SSSR count). The molecular weight excluding hydrogens is 192 g/mol. The van der Waals surface area contributed by atoms with Gasteiger partial charge in [0.05, 0.1) is 10.4 Å². The first kappa shape index (κ1) is 9.58. The minimum absolute atomic E-state index is 0.0769. The molecule has 2 aromatic rings. The Morgan fingerprint density at radius 1 is 1.33 bits per heavy atom. The number of aryl methyl sites for hydroxylation is 2. The molecule has 15 heavy (non-hydrogen) atoms. The predicted molar refractivity (Wildman–Crippen MR) is 57.9 cm³/mol. The van der Waals surface area contributed by atoms with E-state index >= 15 is 0 Å². The Morgan fingerprint density at radius 2 is 2.07 bits per heavy atom. The lowest BCUT2D eigenvalue weighted by molar-refractivity contribution is -0.385. The number of pyridine rings is 1. The topological polar surface area (TPSA) is 56.0 Å². The second-order valence-electron chi connectivity index (χ2n) is 3.55. The molecule has 0 aliphatic heterocycles. The summed E-state index contributed by atoms with van der Waals surface area (Å²) >= 11 is 0. The Labute approximate surface area is 86.7 Å². The van der Waals surface area contributed by atoms with Gasteiger partial charge in [-0.05, 0) is 26.0 Å². The van der Waals surface area contributed by atoms with Gasteiger partial charge < -0.3 is 0 Å². The second-order valence-corrected chi connectivity index (χ2v) is 3.55. The average Bonchev–Trinajstić information content (AvgIpc) is 2.19. The van der Waals surface area contributed by atoms with Gasteiger partial charge in [0.25, 0.3) is 5.69 Å². The van der Waals surface area contributed by atoms with Crippen LogP contribution in [0.1, 0.15) is 11.1 Å². The van der Waals surface area contributed by atoms with Crippen LogP contribution in [0.4, 0.5) is 5.69 Å². The van der Waals surface area contributed by atoms with E-state index in [1.165, 1.54) is 6.20 Å². The Morgan fingerprint density at radius 3 is 2.73 bits per heavy atom. The monoisotopic (exact) mass is 202 g/mol. The van der Waals surface area contributed by atoms with Crippen LogP contribution in [0.15, 0.2) is 24.4 Å². The van der Waals surface area contributed by atoms with E-state index in [1.807, 2.05) is 25.1 Å². The third-order valence-electron chi connectivity index (χ3n) is 2.46. The zero-order valence-corrected chi connectivity index (χ0v) is 8.52. The van der Waals surface area contributed by atoms with Crippen molar-refractivity contribution in [1.29, 1.82) is 0 Å². The normalized spacial score (nSPS) is 10.5. The third kappa shape index (κ3) is 1.54. The quantitative estimate of drug-likeness (QED) is 0.527. The highest BCUT2D eigenvalue weighted by molar-refractivity contribution is 5.85. The number of aromatic nitrogens is 1. The maximum atomic E-state index is 10.7. The molecule has 1 aromatic carbocycles. The van der Waals surface area contributed by atoms with Gasteiger partial charge in [0.2, 0.25) is 0 Å². The molecule has 0 amide bonds. The van der Waals surface area contributed by atoms with Crippen molar-refractivity contribution >= 4 is 16.6 Å². The summed E-state index contributed by atoms with van der Waals surface area (Å²) in [5, 5.41) is 11.6. The van der Waals surface area contributed by atoms with Gasteiger partial charge >= 0.3 is 0 Å². The number of hydrogen-bond donors (Lipinski definition) is 0. The van der Waals surface area contributed by atoms with Crippen LogP contribution in [0.25, 0.3) is 10.9 Å². The number of nitrogens with zero attached hydrogens (tertiary/aromatic N) is 2. The molecule has 0 fully saturated rings. The van der Waals surface area contributed by atoms with E-state index < -0.39 is 4.92 Å². The molecular formula is C11H10N2O2. The highest BCUT2D eigenvalue weighted by atomic mass is 16.6. The zero-order valence-electron chi connectivity index (χ0n) is 8.52. The number of hydrogen-bond acceptors (Lipinski definition) is 3.